The number of aromatic nitrogens is 3. The fraction of sp³-hybridized carbons (Fsp3) is 0.836. The first-order valence-corrected chi connectivity index (χ1v) is 29.2. The van der Waals surface area contributed by atoms with Gasteiger partial charge in [-0.05, 0) is 117 Å². The number of ether oxygens (including phenoxy) is 6. The molecular weight excluding hydrogens is 1020 g/mol. The van der Waals surface area contributed by atoms with Crippen LogP contribution in [-0.2, 0) is 49.7 Å². The fourth-order valence-corrected chi connectivity index (χ4v) is 14.5. The van der Waals surface area contributed by atoms with Crippen LogP contribution in [0.5, 0.6) is 0 Å². The molecular formula is C55H93FN6O14S. The molecule has 1 aromatic carbocycles. The van der Waals surface area contributed by atoms with E-state index < -0.39 is 137 Å². The number of carbonyl (C=O) groups excluding carboxylic acids is 1. The quantitative estimate of drug-likeness (QED) is 0.149. The molecule has 20 atom stereocenters. The van der Waals surface area contributed by atoms with Gasteiger partial charge in [0.15, 0.2) is 6.29 Å². The van der Waals surface area contributed by atoms with Crippen molar-refractivity contribution in [3.63, 3.8) is 0 Å². The van der Waals surface area contributed by atoms with Gasteiger partial charge >= 0.3 is 5.97 Å². The van der Waals surface area contributed by atoms with E-state index in [2.05, 4.69) is 10.3 Å². The van der Waals surface area contributed by atoms with Gasteiger partial charge in [0.25, 0.3) is 0 Å². The maximum atomic E-state index is 15.0. The van der Waals surface area contributed by atoms with Gasteiger partial charge in [-0.3, -0.25) is 4.79 Å². The summed E-state index contributed by atoms with van der Waals surface area (Å²) in [5, 5.41) is 69.0. The van der Waals surface area contributed by atoms with Gasteiger partial charge in [0, 0.05) is 77.4 Å². The molecule has 22 heteroatoms. The highest BCUT2D eigenvalue weighted by atomic mass is 32.2. The standard InChI is InChI=1S/C55H93FN6O14S/c1-15-44-55(10,68)48(64)36(6)60(12)30-32(2)27-53(8,67)50(34(4)45(35(5)51(66)75-44)43-28-54(9,72-14)49(65)37(7)74-43)76-52-46(63)41(26-33(3)73-52)59(11)25-22-39-31-62(58-57-39)42(29-56)47(71-13)38-18-20-40(21-19-38)77(69,70)61-23-16-17-24-61/h18-21,31-37,41-50,52,63-65,67-68H,15-17,22-30H2,1-14H3/t32-,33-,34+,35-,36-,37+,41+,42-,43?,44-,45+,46-,47-,48-,49+,50-,52+,53-,54-,55-/m1/s1. The summed E-state index contributed by atoms with van der Waals surface area (Å²) in [6.07, 6.45) is -5.11. The Hall–Kier alpha value is -2.81. The number of esters is 1. The van der Waals surface area contributed by atoms with Crippen molar-refractivity contribution < 1.29 is 71.6 Å². The van der Waals surface area contributed by atoms with E-state index in [0.717, 1.165) is 12.8 Å². The molecule has 4 aliphatic rings. The maximum absolute atomic E-state index is 15.0. The van der Waals surface area contributed by atoms with E-state index >= 15 is 0 Å². The van der Waals surface area contributed by atoms with Gasteiger partial charge in [-0.2, -0.15) is 4.31 Å². The third kappa shape index (κ3) is 13.9. The SMILES string of the molecule is CC[C@H]1OC(=O)[C@H](C)[C@@H](C2C[C@@](C)(OC)[C@@H](O)[C@H](C)O2)[C@H](C)[C@@H](O[C@@H]2O[C@H](C)C[C@H](N(C)CCc3cn([C@H](CF)[C@H](OC)c4ccc(S(=O)(=O)N5CCCC5)cc4)nn3)[C@H]2O)[C@](C)(O)C[C@@H](C)CN(C)[C@H](C)[C@@H](O)[C@]1(C)O. The molecule has 20 nitrogen and oxygen atoms in total. The van der Waals surface area contributed by atoms with Crippen molar-refractivity contribution in [3.05, 3.63) is 41.7 Å². The smallest absolute Gasteiger partial charge is 0.309 e. The van der Waals surface area contributed by atoms with E-state index in [1.54, 1.807) is 59.9 Å². The van der Waals surface area contributed by atoms with Gasteiger partial charge in [0.2, 0.25) is 10.0 Å². The molecule has 1 aromatic heterocycles. The minimum absolute atomic E-state index is 0.158. The Morgan fingerprint density at radius 1 is 0.961 bits per heavy atom. The number of likely N-dealkylation sites (N-methyl/N-ethyl adjacent to an activating group) is 2. The Kier molecular flexibility index (Phi) is 21.4. The van der Waals surface area contributed by atoms with Crippen LogP contribution in [0.2, 0.25) is 0 Å². The topological polar surface area (TPSA) is 248 Å². The van der Waals surface area contributed by atoms with Crippen LogP contribution in [0, 0.1) is 23.7 Å². The number of sulfonamides is 1. The molecule has 0 bridgehead atoms. The maximum Gasteiger partial charge on any atom is 0.309 e. The van der Waals surface area contributed by atoms with Crippen molar-refractivity contribution in [2.75, 3.05) is 61.2 Å². The third-order valence-electron chi connectivity index (χ3n) is 17.8. The monoisotopic (exact) mass is 1110 g/mol. The number of benzene rings is 1. The molecule has 0 saturated carbocycles. The van der Waals surface area contributed by atoms with Gasteiger partial charge < -0.3 is 63.8 Å². The largest absolute Gasteiger partial charge is 0.459 e. The molecule has 6 rings (SSSR count). The number of nitrogens with zero attached hydrogens (tertiary/aromatic N) is 6. The van der Waals surface area contributed by atoms with Gasteiger partial charge in [0.1, 0.15) is 48.8 Å². The number of alkyl halides is 1. The lowest BCUT2D eigenvalue weighted by Crippen LogP contribution is -2.62. The van der Waals surface area contributed by atoms with Crippen molar-refractivity contribution in [2.45, 2.75) is 215 Å². The fourth-order valence-electron chi connectivity index (χ4n) is 13.0. The van der Waals surface area contributed by atoms with Crippen LogP contribution in [0.4, 0.5) is 4.39 Å². The molecule has 77 heavy (non-hydrogen) atoms. The summed E-state index contributed by atoms with van der Waals surface area (Å²) >= 11 is 0. The summed E-state index contributed by atoms with van der Waals surface area (Å²) in [5.41, 5.74) is -3.43. The minimum Gasteiger partial charge on any atom is -0.459 e. The summed E-state index contributed by atoms with van der Waals surface area (Å²) in [7, 11) is 3.04. The first kappa shape index (κ1) is 63.4. The lowest BCUT2D eigenvalue weighted by molar-refractivity contribution is -0.302. The summed E-state index contributed by atoms with van der Waals surface area (Å²) in [4.78, 5) is 18.7. The number of rotatable bonds is 16. The number of halogens is 1. The number of hydrogen-bond acceptors (Lipinski definition) is 18. The molecule has 440 valence electrons. The predicted molar refractivity (Wildman–Crippen MR) is 285 cm³/mol. The Morgan fingerprint density at radius 3 is 2.21 bits per heavy atom. The Balaban J connectivity index is 1.25. The molecule has 0 radical (unpaired) electrons. The van der Waals surface area contributed by atoms with Crippen LogP contribution in [-0.4, -0.2) is 214 Å². The molecule has 0 aliphatic carbocycles. The normalized spacial score (nSPS) is 39.7. The summed E-state index contributed by atoms with van der Waals surface area (Å²) in [5.74, 6) is -3.34. The van der Waals surface area contributed by atoms with Crippen LogP contribution in [0.1, 0.15) is 131 Å². The highest BCUT2D eigenvalue weighted by molar-refractivity contribution is 7.89. The van der Waals surface area contributed by atoms with Crippen LogP contribution in [0.3, 0.4) is 0 Å². The number of methoxy groups -OCH3 is 2. The number of carbonyl (C=O) groups is 1. The van der Waals surface area contributed by atoms with Crippen molar-refractivity contribution in [2.24, 2.45) is 23.7 Å². The average Bonchev–Trinajstić information content (AvgIpc) is 4.11. The second kappa shape index (κ2) is 26.0. The van der Waals surface area contributed by atoms with E-state index in [-0.39, 0.29) is 30.1 Å². The molecule has 4 saturated heterocycles. The summed E-state index contributed by atoms with van der Waals surface area (Å²) in [6.45, 7) is 18.6. The van der Waals surface area contributed by atoms with Crippen LogP contribution in [0.25, 0.3) is 0 Å². The first-order chi connectivity index (χ1) is 36.1. The van der Waals surface area contributed by atoms with Gasteiger partial charge in [-0.15, -0.1) is 5.10 Å². The van der Waals surface area contributed by atoms with Crippen molar-refractivity contribution >= 4 is 16.0 Å². The summed E-state index contributed by atoms with van der Waals surface area (Å²) < 4.78 is 82.2. The zero-order chi connectivity index (χ0) is 57.1. The number of hydrogen-bond donors (Lipinski definition) is 5. The lowest BCUT2D eigenvalue weighted by atomic mass is 9.68. The molecule has 1 unspecified atom stereocenters. The molecule has 5 heterocycles. The number of aliphatic hydroxyl groups is 5. The zero-order valence-corrected chi connectivity index (χ0v) is 48.9. The Morgan fingerprint density at radius 2 is 1.61 bits per heavy atom. The van der Waals surface area contributed by atoms with Crippen molar-refractivity contribution in [1.82, 2.24) is 29.1 Å². The second-order valence-corrected chi connectivity index (χ2v) is 25.7. The molecule has 2 aromatic rings. The predicted octanol–water partition coefficient (Wildman–Crippen LogP) is 4.06. The summed E-state index contributed by atoms with van der Waals surface area (Å²) in [6, 6.07) is 4.32. The highest BCUT2D eigenvalue weighted by Crippen LogP contribution is 2.45. The minimum atomic E-state index is -3.64. The van der Waals surface area contributed by atoms with E-state index in [4.69, 9.17) is 28.4 Å². The Labute approximate surface area is 456 Å². The molecule has 5 N–H and O–H groups in total. The van der Waals surface area contributed by atoms with Gasteiger partial charge in [-0.25, -0.2) is 17.5 Å². The van der Waals surface area contributed by atoms with Crippen molar-refractivity contribution in [1.29, 1.82) is 0 Å². The zero-order valence-electron chi connectivity index (χ0n) is 48.1. The number of cyclic esters (lactones) is 1. The van der Waals surface area contributed by atoms with Crippen LogP contribution < -0.4 is 0 Å². The van der Waals surface area contributed by atoms with Crippen LogP contribution >= 0.6 is 0 Å². The highest BCUT2D eigenvalue weighted by Gasteiger charge is 2.55. The first-order valence-electron chi connectivity index (χ1n) is 27.8. The lowest BCUT2D eigenvalue weighted by Gasteiger charge is -2.51. The third-order valence-corrected chi connectivity index (χ3v) is 19.7. The van der Waals surface area contributed by atoms with E-state index in [0.29, 0.717) is 50.3 Å². The molecule has 4 fully saturated rings. The second-order valence-electron chi connectivity index (χ2n) is 23.8. The average molecular weight is 1110 g/mol. The van der Waals surface area contributed by atoms with Crippen LogP contribution in [0.15, 0.2) is 35.4 Å². The Bertz CT molecular complexity index is 2310. The van der Waals surface area contributed by atoms with E-state index in [9.17, 15) is 43.1 Å². The van der Waals surface area contributed by atoms with Gasteiger partial charge in [0.05, 0.1) is 52.1 Å². The number of aliphatic hydroxyl groups excluding tert-OH is 3. The van der Waals surface area contributed by atoms with E-state index in [1.165, 1.54) is 42.3 Å². The molecule has 0 spiro atoms. The molecule has 4 aliphatic heterocycles. The van der Waals surface area contributed by atoms with E-state index in [1.807, 2.05) is 44.7 Å². The van der Waals surface area contributed by atoms with Gasteiger partial charge in [-0.1, -0.05) is 45.0 Å². The molecule has 0 amide bonds. The van der Waals surface area contributed by atoms with Crippen molar-refractivity contribution in [3.8, 4) is 0 Å².